The Morgan fingerprint density at radius 3 is 3.14 bits per heavy atom. The maximum atomic E-state index is 11.2. The van der Waals surface area contributed by atoms with E-state index in [4.69, 9.17) is 11.6 Å². The highest BCUT2D eigenvalue weighted by molar-refractivity contribution is 6.35. The van der Waals surface area contributed by atoms with Gasteiger partial charge in [-0.1, -0.05) is 18.5 Å². The van der Waals surface area contributed by atoms with Gasteiger partial charge in [0.25, 0.3) is 0 Å². The summed E-state index contributed by atoms with van der Waals surface area (Å²) in [7, 11) is 0. The summed E-state index contributed by atoms with van der Waals surface area (Å²) < 4.78 is 0. The van der Waals surface area contributed by atoms with Crippen LogP contribution in [0.15, 0.2) is 12.3 Å². The molecule has 6 heteroatoms. The molecule has 21 heavy (non-hydrogen) atoms. The van der Waals surface area contributed by atoms with E-state index in [0.717, 1.165) is 30.7 Å². The van der Waals surface area contributed by atoms with E-state index in [1.54, 1.807) is 12.3 Å². The Hall–Kier alpha value is -1.59. The van der Waals surface area contributed by atoms with Crippen LogP contribution in [0.1, 0.15) is 35.8 Å². The summed E-state index contributed by atoms with van der Waals surface area (Å²) in [5, 5.41) is 9.68. The highest BCUT2D eigenvalue weighted by Gasteiger charge is 2.20. The molecule has 1 aliphatic heterocycles. The normalized spacial score (nSPS) is 20.0. The molecule has 0 radical (unpaired) electrons. The fourth-order valence-corrected chi connectivity index (χ4v) is 3.23. The van der Waals surface area contributed by atoms with Crippen molar-refractivity contribution < 1.29 is 9.90 Å². The number of hydrogen-bond donors (Lipinski definition) is 2. The molecule has 0 aliphatic carbocycles. The molecule has 0 bridgehead atoms. The molecule has 2 aromatic rings. The second-order valence-electron chi connectivity index (χ2n) is 5.81. The average molecular weight is 308 g/mol. The van der Waals surface area contributed by atoms with Crippen molar-refractivity contribution in [3.05, 3.63) is 28.5 Å². The van der Waals surface area contributed by atoms with Crippen LogP contribution in [0.4, 0.5) is 0 Å². The lowest BCUT2D eigenvalue weighted by Crippen LogP contribution is -2.33. The van der Waals surface area contributed by atoms with Crippen LogP contribution in [0.5, 0.6) is 0 Å². The Morgan fingerprint density at radius 2 is 2.43 bits per heavy atom. The zero-order valence-corrected chi connectivity index (χ0v) is 12.7. The first kappa shape index (κ1) is 14.4. The molecule has 1 saturated heterocycles. The molecule has 0 unspecified atom stereocenters. The predicted octanol–water partition coefficient (Wildman–Crippen LogP) is 3.15. The molecular formula is C15H18ClN3O2. The number of nitrogens with one attached hydrogen (secondary N) is 1. The zero-order valence-electron chi connectivity index (χ0n) is 11.9. The maximum Gasteiger partial charge on any atom is 0.354 e. The van der Waals surface area contributed by atoms with Gasteiger partial charge in [-0.2, -0.15) is 0 Å². The van der Waals surface area contributed by atoms with Crippen molar-refractivity contribution in [2.75, 3.05) is 13.1 Å². The molecule has 2 N–H and O–H groups in total. The number of rotatable bonds is 3. The number of fused-ring (bicyclic) bond motifs is 1. The molecule has 1 atom stereocenters. The van der Waals surface area contributed by atoms with E-state index in [-0.39, 0.29) is 5.69 Å². The third-order valence-corrected chi connectivity index (χ3v) is 4.31. The fourth-order valence-electron chi connectivity index (χ4n) is 3.04. The van der Waals surface area contributed by atoms with Crippen molar-refractivity contribution in [1.82, 2.24) is 14.9 Å². The van der Waals surface area contributed by atoms with Crippen LogP contribution >= 0.6 is 11.6 Å². The molecule has 2 aromatic heterocycles. The summed E-state index contributed by atoms with van der Waals surface area (Å²) in [6.07, 6.45) is 4.11. The number of aromatic nitrogens is 2. The molecule has 0 amide bonds. The van der Waals surface area contributed by atoms with Crippen LogP contribution in [0.3, 0.4) is 0 Å². The van der Waals surface area contributed by atoms with E-state index >= 15 is 0 Å². The molecule has 0 saturated carbocycles. The summed E-state index contributed by atoms with van der Waals surface area (Å²) >= 11 is 6.09. The number of hydrogen-bond acceptors (Lipinski definition) is 3. The summed E-state index contributed by atoms with van der Waals surface area (Å²) in [6.45, 7) is 5.06. The van der Waals surface area contributed by atoms with Gasteiger partial charge in [-0.3, -0.25) is 4.90 Å². The molecule has 5 nitrogen and oxygen atoms in total. The first-order valence-electron chi connectivity index (χ1n) is 7.16. The number of aromatic amines is 1. The SMILES string of the molecule is C[C@H]1CCCN(Cc2cc(C(=O)O)nc3c(Cl)c[nH]c23)C1. The lowest BCUT2D eigenvalue weighted by atomic mass is 9.99. The Morgan fingerprint density at radius 1 is 1.62 bits per heavy atom. The number of likely N-dealkylation sites (tertiary alicyclic amines) is 1. The minimum Gasteiger partial charge on any atom is -0.477 e. The van der Waals surface area contributed by atoms with E-state index in [0.29, 0.717) is 16.5 Å². The molecule has 1 aliphatic rings. The Bertz CT molecular complexity index is 683. The van der Waals surface area contributed by atoms with Crippen molar-refractivity contribution in [3.63, 3.8) is 0 Å². The lowest BCUT2D eigenvalue weighted by Gasteiger charge is -2.30. The minimum atomic E-state index is -1.03. The third kappa shape index (κ3) is 2.89. The first-order valence-corrected chi connectivity index (χ1v) is 7.54. The molecule has 3 heterocycles. The quantitative estimate of drug-likeness (QED) is 0.914. The van der Waals surface area contributed by atoms with E-state index in [2.05, 4.69) is 21.8 Å². The van der Waals surface area contributed by atoms with Gasteiger partial charge in [0.05, 0.1) is 10.5 Å². The molecule has 0 spiro atoms. The van der Waals surface area contributed by atoms with Crippen molar-refractivity contribution in [2.24, 2.45) is 5.92 Å². The Balaban J connectivity index is 1.98. The summed E-state index contributed by atoms with van der Waals surface area (Å²) in [4.78, 5) is 20.8. The molecule has 112 valence electrons. The van der Waals surface area contributed by atoms with Gasteiger partial charge >= 0.3 is 5.97 Å². The number of nitrogens with zero attached hydrogens (tertiary/aromatic N) is 2. The number of carboxylic acid groups (broad SMARTS) is 1. The molecule has 0 aromatic carbocycles. The van der Waals surface area contributed by atoms with Gasteiger partial charge in [0, 0.05) is 19.3 Å². The van der Waals surface area contributed by atoms with E-state index in [1.807, 2.05) is 0 Å². The lowest BCUT2D eigenvalue weighted by molar-refractivity contribution is 0.0690. The monoisotopic (exact) mass is 307 g/mol. The topological polar surface area (TPSA) is 69.2 Å². The van der Waals surface area contributed by atoms with Crippen LogP contribution in [-0.2, 0) is 6.54 Å². The highest BCUT2D eigenvalue weighted by Crippen LogP contribution is 2.27. The third-order valence-electron chi connectivity index (χ3n) is 4.02. The van der Waals surface area contributed by atoms with Crippen LogP contribution < -0.4 is 0 Å². The minimum absolute atomic E-state index is 0.0454. The largest absolute Gasteiger partial charge is 0.477 e. The average Bonchev–Trinajstić information content (AvgIpc) is 2.81. The highest BCUT2D eigenvalue weighted by atomic mass is 35.5. The van der Waals surface area contributed by atoms with Gasteiger partial charge < -0.3 is 10.1 Å². The Kier molecular flexibility index (Phi) is 3.87. The van der Waals surface area contributed by atoms with Gasteiger partial charge in [-0.25, -0.2) is 9.78 Å². The standard InChI is InChI=1S/C15H18ClN3O2/c1-9-3-2-4-19(7-9)8-10-5-12(15(20)21)18-14-11(16)6-17-13(10)14/h5-6,9,17H,2-4,7-8H2,1H3,(H,20,21)/t9-/m0/s1. The molecule has 3 rings (SSSR count). The second-order valence-corrected chi connectivity index (χ2v) is 6.22. The van der Waals surface area contributed by atoms with Gasteiger partial charge in [-0.15, -0.1) is 0 Å². The summed E-state index contributed by atoms with van der Waals surface area (Å²) in [5.41, 5.74) is 2.36. The molecule has 1 fully saturated rings. The smallest absolute Gasteiger partial charge is 0.354 e. The van der Waals surface area contributed by atoms with Crippen molar-refractivity contribution >= 4 is 28.6 Å². The van der Waals surface area contributed by atoms with E-state index in [9.17, 15) is 9.90 Å². The zero-order chi connectivity index (χ0) is 15.0. The first-order chi connectivity index (χ1) is 10.0. The Labute approximate surface area is 127 Å². The van der Waals surface area contributed by atoms with E-state index in [1.165, 1.54) is 12.8 Å². The maximum absolute atomic E-state index is 11.2. The van der Waals surface area contributed by atoms with Gasteiger partial charge in [0.2, 0.25) is 0 Å². The number of piperidine rings is 1. The number of H-pyrrole nitrogens is 1. The van der Waals surface area contributed by atoms with Crippen LogP contribution in [0.2, 0.25) is 5.02 Å². The van der Waals surface area contributed by atoms with Crippen LogP contribution in [-0.4, -0.2) is 39.0 Å². The van der Waals surface area contributed by atoms with Gasteiger partial charge in [0.15, 0.2) is 0 Å². The van der Waals surface area contributed by atoms with Crippen molar-refractivity contribution in [3.8, 4) is 0 Å². The van der Waals surface area contributed by atoms with Gasteiger partial charge in [-0.05, 0) is 36.9 Å². The second kappa shape index (κ2) is 5.66. The summed E-state index contributed by atoms with van der Waals surface area (Å²) in [5.74, 6) is -0.343. The number of aromatic carboxylic acids is 1. The molecular weight excluding hydrogens is 290 g/mol. The van der Waals surface area contributed by atoms with Crippen LogP contribution in [0.25, 0.3) is 11.0 Å². The van der Waals surface area contributed by atoms with Crippen LogP contribution in [0, 0.1) is 5.92 Å². The number of halogens is 1. The van der Waals surface area contributed by atoms with Crippen molar-refractivity contribution in [2.45, 2.75) is 26.3 Å². The predicted molar refractivity (Wildman–Crippen MR) is 81.7 cm³/mol. The number of pyridine rings is 1. The number of carbonyl (C=O) groups is 1. The van der Waals surface area contributed by atoms with Crippen molar-refractivity contribution in [1.29, 1.82) is 0 Å². The fraction of sp³-hybridized carbons (Fsp3) is 0.467. The van der Waals surface area contributed by atoms with Gasteiger partial charge in [0.1, 0.15) is 11.2 Å². The summed E-state index contributed by atoms with van der Waals surface area (Å²) in [6, 6.07) is 1.65. The number of carboxylic acids is 1. The van der Waals surface area contributed by atoms with E-state index < -0.39 is 5.97 Å².